The normalized spacial score (nSPS) is 30.2. The molecule has 0 saturated carbocycles. The average molecular weight is 319 g/mol. The van der Waals surface area contributed by atoms with Crippen LogP contribution in [0.5, 0.6) is 0 Å². The van der Waals surface area contributed by atoms with E-state index in [1.807, 2.05) is 0 Å². The molecule has 3 heterocycles. The maximum Gasteiger partial charge on any atom is 0.148 e. The quantitative estimate of drug-likeness (QED) is 0.762. The van der Waals surface area contributed by atoms with E-state index in [1.54, 1.807) is 22.7 Å². The van der Waals surface area contributed by atoms with Crippen molar-refractivity contribution >= 4 is 28.8 Å². The number of hydrogen-bond acceptors (Lipinski definition) is 5. The number of imidazole rings is 1. The molecular weight excluding hydrogens is 307 g/mol. The summed E-state index contributed by atoms with van der Waals surface area (Å²) in [5, 5.41) is 29.7. The Balaban J connectivity index is 2.12. The van der Waals surface area contributed by atoms with Gasteiger partial charge in [-0.3, -0.25) is 4.40 Å². The first kappa shape index (κ1) is 14.1. The summed E-state index contributed by atoms with van der Waals surface area (Å²) in [6.07, 6.45) is -2.57. The zero-order valence-electron chi connectivity index (χ0n) is 10.1. The van der Waals surface area contributed by atoms with Gasteiger partial charge in [0, 0.05) is 6.20 Å². The molecule has 0 bridgehead atoms. The second kappa shape index (κ2) is 5.14. The van der Waals surface area contributed by atoms with Crippen LogP contribution >= 0.6 is 23.2 Å². The second-order valence-electron chi connectivity index (χ2n) is 4.62. The van der Waals surface area contributed by atoms with Crippen LogP contribution in [0.4, 0.5) is 0 Å². The van der Waals surface area contributed by atoms with Gasteiger partial charge in [-0.05, 0) is 12.1 Å². The molecule has 108 valence electrons. The highest BCUT2D eigenvalue weighted by atomic mass is 35.5. The minimum Gasteiger partial charge on any atom is -0.394 e. The molecule has 0 aliphatic carbocycles. The largest absolute Gasteiger partial charge is 0.394 e. The Bertz CT molecular complexity index is 648. The maximum atomic E-state index is 10.1. The first-order valence-corrected chi connectivity index (χ1v) is 6.74. The molecule has 0 aromatic carbocycles. The number of rotatable bonds is 2. The summed E-state index contributed by atoms with van der Waals surface area (Å²) in [5.41, 5.74) is 0.984. The summed E-state index contributed by atoms with van der Waals surface area (Å²) >= 11 is 12.0. The first-order valence-electron chi connectivity index (χ1n) is 5.98. The van der Waals surface area contributed by atoms with Gasteiger partial charge in [0.15, 0.2) is 0 Å². The number of ether oxygens (including phenoxy) is 1. The van der Waals surface area contributed by atoms with E-state index < -0.39 is 31.0 Å². The lowest BCUT2D eigenvalue weighted by Crippen LogP contribution is -2.32. The molecule has 2 aromatic heterocycles. The summed E-state index contributed by atoms with van der Waals surface area (Å²) in [5.74, 6) is 0. The number of hydrogen-bond donors (Lipinski definition) is 3. The maximum absolute atomic E-state index is 10.1. The number of aromatic nitrogens is 2. The first-order chi connectivity index (χ1) is 9.52. The van der Waals surface area contributed by atoms with Gasteiger partial charge in [0.25, 0.3) is 0 Å². The van der Waals surface area contributed by atoms with Crippen molar-refractivity contribution in [2.75, 3.05) is 6.61 Å². The number of fused-ring (bicyclic) bond motifs is 1. The van der Waals surface area contributed by atoms with Crippen LogP contribution in [0, 0.1) is 0 Å². The van der Waals surface area contributed by atoms with E-state index in [-0.39, 0.29) is 5.15 Å². The fourth-order valence-electron chi connectivity index (χ4n) is 2.42. The number of pyridine rings is 1. The fraction of sp³-hybridized carbons (Fsp3) is 0.417. The van der Waals surface area contributed by atoms with Gasteiger partial charge in [-0.2, -0.15) is 0 Å². The molecule has 1 saturated heterocycles. The highest BCUT2D eigenvalue weighted by Crippen LogP contribution is 2.37. The summed E-state index contributed by atoms with van der Waals surface area (Å²) in [7, 11) is 0. The van der Waals surface area contributed by atoms with Crippen molar-refractivity contribution in [3.8, 4) is 0 Å². The second-order valence-corrected chi connectivity index (χ2v) is 5.41. The van der Waals surface area contributed by atoms with E-state index in [0.29, 0.717) is 16.4 Å². The summed E-state index contributed by atoms with van der Waals surface area (Å²) in [6.45, 7) is -0.396. The van der Waals surface area contributed by atoms with Crippen LogP contribution in [0.15, 0.2) is 18.3 Å². The predicted octanol–water partition coefficient (Wildman–Crippen LogP) is 0.795. The van der Waals surface area contributed by atoms with Gasteiger partial charge < -0.3 is 20.1 Å². The van der Waals surface area contributed by atoms with Crippen molar-refractivity contribution in [1.29, 1.82) is 0 Å². The molecule has 8 heteroatoms. The van der Waals surface area contributed by atoms with E-state index in [0.717, 1.165) is 0 Å². The SMILES string of the molecule is OC[C@H]1OC(c2c(Cl)ccc3nc(Cl)cn23)[C@H](O)[C@@H]1O. The lowest BCUT2D eigenvalue weighted by atomic mass is 10.1. The van der Waals surface area contributed by atoms with Gasteiger partial charge in [0.1, 0.15) is 35.2 Å². The zero-order valence-corrected chi connectivity index (χ0v) is 11.7. The molecule has 1 aliphatic rings. The van der Waals surface area contributed by atoms with Gasteiger partial charge in [0.2, 0.25) is 0 Å². The van der Waals surface area contributed by atoms with Gasteiger partial charge in [0.05, 0.1) is 17.3 Å². The Morgan fingerprint density at radius 1 is 1.25 bits per heavy atom. The third-order valence-corrected chi connectivity index (χ3v) is 3.90. The van der Waals surface area contributed by atoms with E-state index in [1.165, 1.54) is 0 Å². The van der Waals surface area contributed by atoms with Gasteiger partial charge in [-0.25, -0.2) is 4.98 Å². The Hall–Kier alpha value is -0.890. The van der Waals surface area contributed by atoms with Crippen molar-refractivity contribution in [1.82, 2.24) is 9.38 Å². The Morgan fingerprint density at radius 3 is 2.65 bits per heavy atom. The van der Waals surface area contributed by atoms with E-state index in [2.05, 4.69) is 4.98 Å². The molecule has 0 spiro atoms. The molecule has 3 rings (SSSR count). The Labute approximate surface area is 124 Å². The lowest BCUT2D eigenvalue weighted by Gasteiger charge is -2.18. The van der Waals surface area contributed by atoms with Gasteiger partial charge in [-0.1, -0.05) is 23.2 Å². The molecule has 3 N–H and O–H groups in total. The zero-order chi connectivity index (χ0) is 14.4. The van der Waals surface area contributed by atoms with Crippen LogP contribution in [-0.2, 0) is 4.74 Å². The van der Waals surface area contributed by atoms with Crippen molar-refractivity contribution < 1.29 is 20.1 Å². The summed E-state index contributed by atoms with van der Waals surface area (Å²) < 4.78 is 7.10. The fourth-order valence-corrected chi connectivity index (χ4v) is 2.87. The molecule has 20 heavy (non-hydrogen) atoms. The van der Waals surface area contributed by atoms with Crippen molar-refractivity contribution in [2.24, 2.45) is 0 Å². The highest BCUT2D eigenvalue weighted by molar-refractivity contribution is 6.31. The standard InChI is InChI=1S/C12H12Cl2N2O4/c13-5-1-2-8-15-7(14)3-16(8)9(5)12-11(19)10(18)6(4-17)20-12/h1-3,6,10-12,17-19H,4H2/t6-,10-,11-,12?/m1/s1. The minimum absolute atomic E-state index is 0.278. The van der Waals surface area contributed by atoms with E-state index in [4.69, 9.17) is 33.0 Å². The minimum atomic E-state index is -1.20. The van der Waals surface area contributed by atoms with Crippen LogP contribution in [0.1, 0.15) is 11.8 Å². The van der Waals surface area contributed by atoms with Crippen molar-refractivity contribution in [3.05, 3.63) is 34.2 Å². The number of aliphatic hydroxyl groups excluding tert-OH is 3. The molecular formula is C12H12Cl2N2O4. The van der Waals surface area contributed by atoms with Crippen LogP contribution in [0.25, 0.3) is 5.65 Å². The third kappa shape index (κ3) is 2.09. The smallest absolute Gasteiger partial charge is 0.148 e. The molecule has 1 fully saturated rings. The molecule has 1 unspecified atom stereocenters. The molecule has 2 aromatic rings. The van der Waals surface area contributed by atoms with E-state index >= 15 is 0 Å². The molecule has 0 amide bonds. The molecule has 0 radical (unpaired) electrons. The van der Waals surface area contributed by atoms with Crippen LogP contribution in [0.2, 0.25) is 10.2 Å². The summed E-state index contributed by atoms with van der Waals surface area (Å²) in [6, 6.07) is 3.29. The summed E-state index contributed by atoms with van der Waals surface area (Å²) in [4.78, 5) is 4.09. The van der Waals surface area contributed by atoms with Crippen molar-refractivity contribution in [2.45, 2.75) is 24.4 Å². The van der Waals surface area contributed by atoms with Gasteiger partial charge in [-0.15, -0.1) is 0 Å². The number of nitrogens with zero attached hydrogens (tertiary/aromatic N) is 2. The van der Waals surface area contributed by atoms with Gasteiger partial charge >= 0.3 is 0 Å². The third-order valence-electron chi connectivity index (χ3n) is 3.40. The monoisotopic (exact) mass is 318 g/mol. The average Bonchev–Trinajstić information content (AvgIpc) is 2.92. The van der Waals surface area contributed by atoms with Crippen LogP contribution in [-0.4, -0.2) is 49.6 Å². The Morgan fingerprint density at radius 2 is 2.00 bits per heavy atom. The number of halogens is 2. The Kier molecular flexibility index (Phi) is 3.62. The number of aliphatic hydroxyl groups is 3. The van der Waals surface area contributed by atoms with Crippen molar-refractivity contribution in [3.63, 3.8) is 0 Å². The highest BCUT2D eigenvalue weighted by Gasteiger charge is 2.44. The van der Waals surface area contributed by atoms with E-state index in [9.17, 15) is 10.2 Å². The van der Waals surface area contributed by atoms with Crippen LogP contribution < -0.4 is 0 Å². The van der Waals surface area contributed by atoms with Crippen LogP contribution in [0.3, 0.4) is 0 Å². The molecule has 4 atom stereocenters. The topological polar surface area (TPSA) is 87.2 Å². The predicted molar refractivity (Wildman–Crippen MR) is 71.9 cm³/mol. The molecule has 6 nitrogen and oxygen atoms in total. The molecule has 1 aliphatic heterocycles. The lowest BCUT2D eigenvalue weighted by molar-refractivity contribution is -0.0242.